The van der Waals surface area contributed by atoms with Gasteiger partial charge in [0.05, 0.1) is 6.10 Å². The number of piperidine rings is 1. The Hall–Kier alpha value is -0.900. The molecule has 1 fully saturated rings. The lowest BCUT2D eigenvalue weighted by atomic mass is 10.1. The standard InChI is InChI=1S/C12H21NO3/c1-9(2)10(3)16-8-12(15)13-6-4-11(14)5-7-13/h9-10H,4-8H2,1-3H3. The molecule has 16 heavy (non-hydrogen) atoms. The quantitative estimate of drug-likeness (QED) is 0.726. The number of nitrogens with zero attached hydrogens (tertiary/aromatic N) is 1. The molecule has 1 aliphatic rings. The van der Waals surface area contributed by atoms with Gasteiger partial charge in [-0.15, -0.1) is 0 Å². The Bertz CT molecular complexity index is 253. The van der Waals surface area contributed by atoms with Gasteiger partial charge in [0.1, 0.15) is 12.4 Å². The molecule has 1 amide bonds. The number of amides is 1. The zero-order valence-electron chi connectivity index (χ0n) is 10.4. The molecule has 0 radical (unpaired) electrons. The monoisotopic (exact) mass is 227 g/mol. The van der Waals surface area contributed by atoms with Gasteiger partial charge in [0.25, 0.3) is 0 Å². The second-order valence-corrected chi connectivity index (χ2v) is 4.68. The first-order chi connectivity index (χ1) is 7.50. The van der Waals surface area contributed by atoms with Crippen molar-refractivity contribution in [3.8, 4) is 0 Å². The molecular weight excluding hydrogens is 206 g/mol. The average Bonchev–Trinajstić information content (AvgIpc) is 2.26. The van der Waals surface area contributed by atoms with Crippen LogP contribution in [0.2, 0.25) is 0 Å². The lowest BCUT2D eigenvalue weighted by molar-refractivity contribution is -0.141. The van der Waals surface area contributed by atoms with Gasteiger partial charge in [-0.25, -0.2) is 0 Å². The van der Waals surface area contributed by atoms with Crippen LogP contribution >= 0.6 is 0 Å². The van der Waals surface area contributed by atoms with Crippen molar-refractivity contribution in [3.05, 3.63) is 0 Å². The number of ketones is 1. The zero-order valence-corrected chi connectivity index (χ0v) is 10.4. The van der Waals surface area contributed by atoms with Crippen LogP contribution in [0.15, 0.2) is 0 Å². The van der Waals surface area contributed by atoms with E-state index in [1.807, 2.05) is 6.92 Å². The van der Waals surface area contributed by atoms with E-state index in [-0.39, 0.29) is 24.4 Å². The van der Waals surface area contributed by atoms with Crippen LogP contribution in [-0.4, -0.2) is 42.4 Å². The van der Waals surface area contributed by atoms with Crippen LogP contribution in [0.4, 0.5) is 0 Å². The largest absolute Gasteiger partial charge is 0.368 e. The summed E-state index contributed by atoms with van der Waals surface area (Å²) in [5.41, 5.74) is 0. The minimum atomic E-state index is 0.000000000000000666. The normalized spacial score (nSPS) is 19.0. The lowest BCUT2D eigenvalue weighted by Gasteiger charge is -2.27. The number of carbonyl (C=O) groups excluding carboxylic acids is 2. The maximum Gasteiger partial charge on any atom is 0.248 e. The molecule has 1 saturated heterocycles. The molecule has 1 aliphatic heterocycles. The van der Waals surface area contributed by atoms with E-state index in [1.165, 1.54) is 0 Å². The highest BCUT2D eigenvalue weighted by molar-refractivity contribution is 5.83. The van der Waals surface area contributed by atoms with Gasteiger partial charge in [-0.3, -0.25) is 9.59 Å². The van der Waals surface area contributed by atoms with Gasteiger partial charge in [0.15, 0.2) is 0 Å². The van der Waals surface area contributed by atoms with Crippen LogP contribution < -0.4 is 0 Å². The third-order valence-electron chi connectivity index (χ3n) is 3.08. The Morgan fingerprint density at radius 3 is 2.38 bits per heavy atom. The minimum absolute atomic E-state index is 0.000000000000000666. The summed E-state index contributed by atoms with van der Waals surface area (Å²) in [5.74, 6) is 0.663. The molecule has 0 aromatic carbocycles. The number of hydrogen-bond acceptors (Lipinski definition) is 3. The molecule has 0 spiro atoms. The summed E-state index contributed by atoms with van der Waals surface area (Å²) in [6, 6.07) is 0. The molecule has 0 bridgehead atoms. The highest BCUT2D eigenvalue weighted by atomic mass is 16.5. The van der Waals surface area contributed by atoms with Crippen molar-refractivity contribution in [1.82, 2.24) is 4.90 Å². The van der Waals surface area contributed by atoms with Gasteiger partial charge >= 0.3 is 0 Å². The molecule has 0 aliphatic carbocycles. The molecular formula is C12H21NO3. The number of Topliss-reactive ketones (excluding diaryl/α,β-unsaturated/α-hetero) is 1. The molecule has 1 unspecified atom stereocenters. The predicted molar refractivity (Wildman–Crippen MR) is 61.1 cm³/mol. The van der Waals surface area contributed by atoms with Gasteiger partial charge in [0.2, 0.25) is 5.91 Å². The summed E-state index contributed by atoms with van der Waals surface area (Å²) in [7, 11) is 0. The Morgan fingerprint density at radius 1 is 1.31 bits per heavy atom. The molecule has 1 rings (SSSR count). The van der Waals surface area contributed by atoms with Crippen LogP contribution in [0.1, 0.15) is 33.6 Å². The first-order valence-electron chi connectivity index (χ1n) is 5.91. The van der Waals surface area contributed by atoms with Crippen LogP contribution in [-0.2, 0) is 14.3 Å². The summed E-state index contributed by atoms with van der Waals surface area (Å²) < 4.78 is 5.47. The van der Waals surface area contributed by atoms with Crippen molar-refractivity contribution in [3.63, 3.8) is 0 Å². The van der Waals surface area contributed by atoms with E-state index < -0.39 is 0 Å². The Kier molecular flexibility index (Phi) is 4.93. The number of rotatable bonds is 4. The zero-order chi connectivity index (χ0) is 12.1. The van der Waals surface area contributed by atoms with Crippen LogP contribution in [0.3, 0.4) is 0 Å². The fourth-order valence-corrected chi connectivity index (χ4v) is 1.49. The predicted octanol–water partition coefficient (Wildman–Crippen LogP) is 1.24. The highest BCUT2D eigenvalue weighted by Gasteiger charge is 2.21. The van der Waals surface area contributed by atoms with E-state index >= 15 is 0 Å². The Balaban J connectivity index is 2.27. The molecule has 0 aromatic heterocycles. The fraction of sp³-hybridized carbons (Fsp3) is 0.833. The Morgan fingerprint density at radius 2 is 1.88 bits per heavy atom. The molecule has 92 valence electrons. The van der Waals surface area contributed by atoms with E-state index in [1.54, 1.807) is 4.90 Å². The van der Waals surface area contributed by atoms with E-state index in [0.717, 1.165) is 0 Å². The first kappa shape index (κ1) is 13.2. The second kappa shape index (κ2) is 5.99. The third kappa shape index (κ3) is 3.93. The van der Waals surface area contributed by atoms with E-state index in [2.05, 4.69) is 13.8 Å². The van der Waals surface area contributed by atoms with Crippen molar-refractivity contribution < 1.29 is 14.3 Å². The van der Waals surface area contributed by atoms with Gasteiger partial charge in [-0.1, -0.05) is 13.8 Å². The van der Waals surface area contributed by atoms with Crippen molar-refractivity contribution in [2.75, 3.05) is 19.7 Å². The maximum atomic E-state index is 11.7. The summed E-state index contributed by atoms with van der Waals surface area (Å²) in [6.45, 7) is 7.34. The summed E-state index contributed by atoms with van der Waals surface area (Å²) in [5, 5.41) is 0. The van der Waals surface area contributed by atoms with Crippen molar-refractivity contribution in [1.29, 1.82) is 0 Å². The van der Waals surface area contributed by atoms with E-state index in [9.17, 15) is 9.59 Å². The summed E-state index contributed by atoms with van der Waals surface area (Å²) >= 11 is 0. The third-order valence-corrected chi connectivity index (χ3v) is 3.08. The lowest BCUT2D eigenvalue weighted by Crippen LogP contribution is -2.41. The topological polar surface area (TPSA) is 46.6 Å². The van der Waals surface area contributed by atoms with Gasteiger partial charge in [-0.05, 0) is 12.8 Å². The molecule has 1 heterocycles. The summed E-state index contributed by atoms with van der Waals surface area (Å²) in [6.07, 6.45) is 1.08. The van der Waals surface area contributed by atoms with Crippen LogP contribution in [0, 0.1) is 5.92 Å². The van der Waals surface area contributed by atoms with E-state index in [0.29, 0.717) is 31.8 Å². The molecule has 0 saturated carbocycles. The highest BCUT2D eigenvalue weighted by Crippen LogP contribution is 2.08. The Labute approximate surface area is 96.9 Å². The molecule has 4 nitrogen and oxygen atoms in total. The molecule has 0 aromatic rings. The van der Waals surface area contributed by atoms with Crippen LogP contribution in [0.25, 0.3) is 0 Å². The number of ether oxygens (including phenoxy) is 1. The smallest absolute Gasteiger partial charge is 0.248 e. The average molecular weight is 227 g/mol. The number of likely N-dealkylation sites (tertiary alicyclic amines) is 1. The fourth-order valence-electron chi connectivity index (χ4n) is 1.49. The second-order valence-electron chi connectivity index (χ2n) is 4.68. The number of hydrogen-bond donors (Lipinski definition) is 0. The SMILES string of the molecule is CC(C)C(C)OCC(=O)N1CCC(=O)CC1. The van der Waals surface area contributed by atoms with E-state index in [4.69, 9.17) is 4.74 Å². The number of carbonyl (C=O) groups is 2. The van der Waals surface area contributed by atoms with Crippen LogP contribution in [0.5, 0.6) is 0 Å². The molecule has 4 heteroatoms. The minimum Gasteiger partial charge on any atom is -0.368 e. The van der Waals surface area contributed by atoms with Gasteiger partial charge in [-0.2, -0.15) is 0 Å². The first-order valence-corrected chi connectivity index (χ1v) is 5.91. The van der Waals surface area contributed by atoms with Crippen molar-refractivity contribution in [2.45, 2.75) is 39.7 Å². The molecule has 0 N–H and O–H groups in total. The van der Waals surface area contributed by atoms with Gasteiger partial charge < -0.3 is 9.64 Å². The molecule has 1 atom stereocenters. The van der Waals surface area contributed by atoms with Gasteiger partial charge in [0, 0.05) is 25.9 Å². The summed E-state index contributed by atoms with van der Waals surface area (Å²) in [4.78, 5) is 24.5. The van der Waals surface area contributed by atoms with Crippen molar-refractivity contribution >= 4 is 11.7 Å². The maximum absolute atomic E-state index is 11.7. The van der Waals surface area contributed by atoms with Crippen molar-refractivity contribution in [2.24, 2.45) is 5.92 Å².